The Balaban J connectivity index is 1.43. The molecule has 1 fully saturated rings. The molecule has 1 aromatic heterocycles. The second-order valence-electron chi connectivity index (χ2n) is 7.62. The Kier molecular flexibility index (Phi) is 5.27. The number of benzene rings is 1. The van der Waals surface area contributed by atoms with E-state index in [0.717, 1.165) is 25.9 Å². The van der Waals surface area contributed by atoms with Crippen LogP contribution < -0.4 is 10.2 Å². The lowest BCUT2D eigenvalue weighted by Gasteiger charge is -2.31. The van der Waals surface area contributed by atoms with Crippen LogP contribution in [0.5, 0.6) is 0 Å². The van der Waals surface area contributed by atoms with E-state index in [1.807, 2.05) is 6.07 Å². The highest BCUT2D eigenvalue weighted by molar-refractivity contribution is 7.89. The maximum absolute atomic E-state index is 12.7. The Hall–Kier alpha value is -2.16. The molecule has 0 radical (unpaired) electrons. The van der Waals surface area contributed by atoms with Gasteiger partial charge in [0.15, 0.2) is 6.54 Å². The van der Waals surface area contributed by atoms with Crippen molar-refractivity contribution in [2.24, 2.45) is 0 Å². The molecule has 0 saturated carbocycles. The van der Waals surface area contributed by atoms with Crippen LogP contribution in [0.1, 0.15) is 31.5 Å². The van der Waals surface area contributed by atoms with Gasteiger partial charge in [0.1, 0.15) is 6.04 Å². The fraction of sp³-hybridized carbons (Fsp3) is 0.450. The summed E-state index contributed by atoms with van der Waals surface area (Å²) in [6.45, 7) is 5.42. The number of anilines is 1. The van der Waals surface area contributed by atoms with Crippen molar-refractivity contribution >= 4 is 21.6 Å². The quantitative estimate of drug-likeness (QED) is 0.778. The van der Waals surface area contributed by atoms with Crippen molar-refractivity contribution in [3.05, 3.63) is 48.3 Å². The van der Waals surface area contributed by atoms with Crippen molar-refractivity contribution in [3.8, 4) is 0 Å². The Morgan fingerprint density at radius 1 is 1.18 bits per heavy atom. The van der Waals surface area contributed by atoms with Gasteiger partial charge < -0.3 is 14.8 Å². The number of quaternary nitrogens is 1. The minimum Gasteiger partial charge on any atom is -0.341 e. The zero-order chi connectivity index (χ0) is 19.7. The van der Waals surface area contributed by atoms with E-state index in [1.165, 1.54) is 14.9 Å². The molecule has 2 N–H and O–H groups in total. The fourth-order valence-corrected chi connectivity index (χ4v) is 5.74. The summed E-state index contributed by atoms with van der Waals surface area (Å²) >= 11 is 0. The molecule has 2 aliphatic rings. The van der Waals surface area contributed by atoms with Crippen LogP contribution in [-0.4, -0.2) is 49.4 Å². The smallest absolute Gasteiger partial charge is 0.279 e. The van der Waals surface area contributed by atoms with Crippen molar-refractivity contribution in [2.75, 3.05) is 31.5 Å². The number of fused-ring (bicyclic) bond motifs is 1. The minimum absolute atomic E-state index is 0.0995. The van der Waals surface area contributed by atoms with Crippen molar-refractivity contribution < 1.29 is 18.1 Å². The van der Waals surface area contributed by atoms with Gasteiger partial charge in [0.05, 0.1) is 23.7 Å². The Bertz CT molecular complexity index is 963. The predicted octanol–water partition coefficient (Wildman–Crippen LogP) is 0.871. The number of nitrogens with one attached hydrogen (secondary N) is 2. The number of hydrogen-bond acceptors (Lipinski definition) is 3. The molecule has 7 nitrogen and oxygen atoms in total. The third kappa shape index (κ3) is 3.72. The van der Waals surface area contributed by atoms with E-state index in [-0.39, 0.29) is 16.8 Å². The van der Waals surface area contributed by atoms with Gasteiger partial charge in [-0.2, -0.15) is 4.31 Å². The summed E-state index contributed by atoms with van der Waals surface area (Å²) < 4.78 is 29.2. The minimum atomic E-state index is -3.49. The van der Waals surface area contributed by atoms with E-state index in [4.69, 9.17) is 0 Å². The molecule has 0 spiro atoms. The van der Waals surface area contributed by atoms with E-state index in [0.29, 0.717) is 25.3 Å². The van der Waals surface area contributed by atoms with Crippen LogP contribution in [0.15, 0.2) is 47.5 Å². The summed E-state index contributed by atoms with van der Waals surface area (Å²) in [7, 11) is -3.49. The molecule has 1 amide bonds. The average Bonchev–Trinajstić information content (AvgIpc) is 3.36. The number of amides is 1. The molecule has 3 heterocycles. The third-order valence-corrected chi connectivity index (χ3v) is 7.70. The van der Waals surface area contributed by atoms with E-state index in [2.05, 4.69) is 29.1 Å². The normalized spacial score (nSPS) is 22.8. The second kappa shape index (κ2) is 7.69. The number of sulfonamides is 1. The van der Waals surface area contributed by atoms with Crippen LogP contribution in [-0.2, 0) is 21.4 Å². The maximum Gasteiger partial charge on any atom is 0.279 e. The van der Waals surface area contributed by atoms with Crippen LogP contribution in [0.4, 0.5) is 5.69 Å². The molecule has 1 saturated heterocycles. The number of hydrogen-bond donors (Lipinski definition) is 2. The van der Waals surface area contributed by atoms with E-state index in [1.54, 1.807) is 24.3 Å². The lowest BCUT2D eigenvalue weighted by atomic mass is 10.1. The SMILES string of the molecule is C[C@H]1c2cccn2CC[NH+]1CC(=O)Nc1cccc(S(=O)(=O)N2CCCC2)c1. The number of carbonyl (C=O) groups excluding carboxylic acids is 1. The van der Waals surface area contributed by atoms with Crippen LogP contribution in [0, 0.1) is 0 Å². The van der Waals surface area contributed by atoms with E-state index in [9.17, 15) is 13.2 Å². The topological polar surface area (TPSA) is 75.8 Å². The van der Waals surface area contributed by atoms with Crippen LogP contribution in [0.2, 0.25) is 0 Å². The molecule has 4 rings (SSSR count). The van der Waals surface area contributed by atoms with Gasteiger partial charge in [-0.25, -0.2) is 8.42 Å². The van der Waals surface area contributed by atoms with Crippen molar-refractivity contribution in [3.63, 3.8) is 0 Å². The van der Waals surface area contributed by atoms with Crippen LogP contribution in [0.25, 0.3) is 0 Å². The number of nitrogens with zero attached hydrogens (tertiary/aromatic N) is 2. The lowest BCUT2D eigenvalue weighted by molar-refractivity contribution is -0.926. The molecule has 28 heavy (non-hydrogen) atoms. The molecular weight excluding hydrogens is 376 g/mol. The average molecular weight is 404 g/mol. The molecule has 2 atom stereocenters. The molecule has 1 unspecified atom stereocenters. The van der Waals surface area contributed by atoms with Gasteiger partial charge in [0.2, 0.25) is 10.0 Å². The Morgan fingerprint density at radius 2 is 1.96 bits per heavy atom. The number of carbonyl (C=O) groups is 1. The summed E-state index contributed by atoms with van der Waals surface area (Å²) in [5.74, 6) is -0.0995. The first kappa shape index (κ1) is 19.2. The van der Waals surface area contributed by atoms with Crippen LogP contribution in [0.3, 0.4) is 0 Å². The summed E-state index contributed by atoms with van der Waals surface area (Å²) in [6, 6.07) is 11.0. The molecule has 2 aliphatic heterocycles. The first-order valence-electron chi connectivity index (χ1n) is 9.85. The third-order valence-electron chi connectivity index (χ3n) is 5.80. The highest BCUT2D eigenvalue weighted by atomic mass is 32.2. The highest BCUT2D eigenvalue weighted by Gasteiger charge is 2.29. The maximum atomic E-state index is 12.7. The van der Waals surface area contributed by atoms with E-state index < -0.39 is 10.0 Å². The summed E-state index contributed by atoms with van der Waals surface area (Å²) in [5, 5.41) is 2.88. The van der Waals surface area contributed by atoms with Crippen molar-refractivity contribution in [1.82, 2.24) is 8.87 Å². The fourth-order valence-electron chi connectivity index (χ4n) is 4.18. The molecular formula is C20H27N4O3S+. The largest absolute Gasteiger partial charge is 0.341 e. The van der Waals surface area contributed by atoms with Crippen LogP contribution >= 0.6 is 0 Å². The van der Waals surface area contributed by atoms with Crippen molar-refractivity contribution in [2.45, 2.75) is 37.2 Å². The van der Waals surface area contributed by atoms with Gasteiger partial charge in [0.25, 0.3) is 5.91 Å². The van der Waals surface area contributed by atoms with Gasteiger partial charge in [-0.3, -0.25) is 4.79 Å². The van der Waals surface area contributed by atoms with Gasteiger partial charge in [-0.15, -0.1) is 0 Å². The van der Waals surface area contributed by atoms with Gasteiger partial charge in [-0.1, -0.05) is 6.07 Å². The standard InChI is InChI=1S/C20H26N4O3S/c1-16-19-8-5-9-22(19)12-13-23(16)15-20(25)21-17-6-4-7-18(14-17)28(26,27)24-10-2-3-11-24/h4-9,14,16H,2-3,10-13,15H2,1H3,(H,21,25)/p+1/t16-/m0/s1. The monoisotopic (exact) mass is 403 g/mol. The predicted molar refractivity (Wildman–Crippen MR) is 107 cm³/mol. The summed E-state index contributed by atoms with van der Waals surface area (Å²) in [4.78, 5) is 14.0. The first-order chi connectivity index (χ1) is 13.4. The van der Waals surface area contributed by atoms with Gasteiger partial charge in [-0.05, 0) is 50.1 Å². The lowest BCUT2D eigenvalue weighted by Crippen LogP contribution is -3.14. The Morgan fingerprint density at radius 3 is 2.75 bits per heavy atom. The van der Waals surface area contributed by atoms with E-state index >= 15 is 0 Å². The molecule has 150 valence electrons. The number of aromatic nitrogens is 1. The highest BCUT2D eigenvalue weighted by Crippen LogP contribution is 2.23. The van der Waals surface area contributed by atoms with Crippen molar-refractivity contribution in [1.29, 1.82) is 0 Å². The summed E-state index contributed by atoms with van der Waals surface area (Å²) in [6.07, 6.45) is 3.88. The van der Waals surface area contributed by atoms with Gasteiger partial charge in [0, 0.05) is 25.0 Å². The molecule has 1 aromatic carbocycles. The molecule has 8 heteroatoms. The van der Waals surface area contributed by atoms with Gasteiger partial charge >= 0.3 is 0 Å². The number of rotatable bonds is 5. The second-order valence-corrected chi connectivity index (χ2v) is 9.56. The Labute approximate surface area is 166 Å². The zero-order valence-electron chi connectivity index (χ0n) is 16.1. The molecule has 0 bridgehead atoms. The first-order valence-corrected chi connectivity index (χ1v) is 11.3. The molecule has 0 aliphatic carbocycles. The molecule has 2 aromatic rings. The zero-order valence-corrected chi connectivity index (χ0v) is 16.9. The summed E-state index contributed by atoms with van der Waals surface area (Å²) in [5.41, 5.74) is 1.77.